The van der Waals surface area contributed by atoms with Gasteiger partial charge in [-0.3, -0.25) is 4.79 Å². The Morgan fingerprint density at radius 1 is 0.955 bits per heavy atom. The quantitative estimate of drug-likeness (QED) is 0.514. The second-order valence-electron chi connectivity index (χ2n) is 4.64. The van der Waals surface area contributed by atoms with Crippen molar-refractivity contribution in [3.8, 4) is 17.2 Å². The Hall–Kier alpha value is -3.02. The highest BCUT2D eigenvalue weighted by molar-refractivity contribution is 6.02. The molecule has 114 valence electrons. The van der Waals surface area contributed by atoms with E-state index in [9.17, 15) is 20.1 Å². The van der Waals surface area contributed by atoms with Crippen molar-refractivity contribution in [2.24, 2.45) is 5.10 Å². The number of phenols is 3. The molecule has 0 spiro atoms. The van der Waals surface area contributed by atoms with Crippen molar-refractivity contribution in [2.75, 3.05) is 0 Å². The standard InChI is InChI=1S/C16H16N2O4/c1-2-15(10-3-5-12(19)6-4-10)17-18-16(22)11-7-13(20)9-14(21)8-11/h3-9,19-21H,2H2,1H3,(H,18,22)/b17-15+. The summed E-state index contributed by atoms with van der Waals surface area (Å²) >= 11 is 0. The van der Waals surface area contributed by atoms with Crippen molar-refractivity contribution in [3.05, 3.63) is 53.6 Å². The van der Waals surface area contributed by atoms with Crippen molar-refractivity contribution in [2.45, 2.75) is 13.3 Å². The van der Waals surface area contributed by atoms with E-state index in [-0.39, 0.29) is 22.8 Å². The first-order valence-corrected chi connectivity index (χ1v) is 6.69. The predicted octanol–water partition coefficient (Wildman–Crippen LogP) is 2.35. The SMILES string of the molecule is CC/C(=N\NC(=O)c1cc(O)cc(O)c1)c1ccc(O)cc1. The number of carbonyl (C=O) groups excluding carboxylic acids is 1. The van der Waals surface area contributed by atoms with Gasteiger partial charge >= 0.3 is 0 Å². The molecule has 0 aromatic heterocycles. The first-order valence-electron chi connectivity index (χ1n) is 6.69. The summed E-state index contributed by atoms with van der Waals surface area (Å²) in [6, 6.07) is 10.1. The van der Waals surface area contributed by atoms with E-state index < -0.39 is 5.91 Å². The lowest BCUT2D eigenvalue weighted by atomic mass is 10.1. The van der Waals surface area contributed by atoms with Crippen LogP contribution < -0.4 is 5.43 Å². The van der Waals surface area contributed by atoms with Gasteiger partial charge in [0, 0.05) is 11.6 Å². The monoisotopic (exact) mass is 300 g/mol. The van der Waals surface area contributed by atoms with Crippen LogP contribution in [-0.2, 0) is 0 Å². The highest BCUT2D eigenvalue weighted by Crippen LogP contribution is 2.20. The van der Waals surface area contributed by atoms with Gasteiger partial charge in [0.15, 0.2) is 0 Å². The minimum absolute atomic E-state index is 0.0995. The Morgan fingerprint density at radius 2 is 1.55 bits per heavy atom. The summed E-state index contributed by atoms with van der Waals surface area (Å²) in [6.07, 6.45) is 0.580. The highest BCUT2D eigenvalue weighted by Gasteiger charge is 2.09. The molecule has 6 nitrogen and oxygen atoms in total. The van der Waals surface area contributed by atoms with Gasteiger partial charge in [-0.2, -0.15) is 5.10 Å². The van der Waals surface area contributed by atoms with Crippen LogP contribution in [0, 0.1) is 0 Å². The number of benzene rings is 2. The molecule has 0 aliphatic heterocycles. The number of hydrogen-bond donors (Lipinski definition) is 4. The summed E-state index contributed by atoms with van der Waals surface area (Å²) < 4.78 is 0. The molecular formula is C16H16N2O4. The minimum Gasteiger partial charge on any atom is -0.508 e. The Morgan fingerprint density at radius 3 is 2.09 bits per heavy atom. The molecule has 6 heteroatoms. The van der Waals surface area contributed by atoms with Crippen LogP contribution in [0.15, 0.2) is 47.6 Å². The van der Waals surface area contributed by atoms with Gasteiger partial charge in [-0.05, 0) is 48.4 Å². The molecule has 2 rings (SSSR count). The summed E-state index contributed by atoms with van der Waals surface area (Å²) in [5.74, 6) is -0.804. The fourth-order valence-corrected chi connectivity index (χ4v) is 1.91. The lowest BCUT2D eigenvalue weighted by molar-refractivity contribution is 0.0954. The van der Waals surface area contributed by atoms with Gasteiger partial charge in [-0.1, -0.05) is 6.92 Å². The maximum absolute atomic E-state index is 12.0. The fourth-order valence-electron chi connectivity index (χ4n) is 1.91. The molecule has 2 aromatic carbocycles. The van der Waals surface area contributed by atoms with Crippen LogP contribution >= 0.6 is 0 Å². The topological polar surface area (TPSA) is 102 Å². The number of rotatable bonds is 4. The Labute approximate surface area is 127 Å². The number of aromatic hydroxyl groups is 3. The molecule has 0 unspecified atom stereocenters. The van der Waals surface area contributed by atoms with E-state index in [1.165, 1.54) is 24.3 Å². The molecule has 0 aliphatic rings. The number of hydrogen-bond acceptors (Lipinski definition) is 5. The van der Waals surface area contributed by atoms with Gasteiger partial charge in [-0.25, -0.2) is 5.43 Å². The van der Waals surface area contributed by atoms with E-state index in [0.29, 0.717) is 12.1 Å². The number of amides is 1. The fraction of sp³-hybridized carbons (Fsp3) is 0.125. The van der Waals surface area contributed by atoms with Crippen LogP contribution in [0.2, 0.25) is 0 Å². The zero-order valence-corrected chi connectivity index (χ0v) is 11.9. The number of phenolic OH excluding ortho intramolecular Hbond substituents is 3. The van der Waals surface area contributed by atoms with Crippen LogP contribution in [0.5, 0.6) is 17.2 Å². The average molecular weight is 300 g/mol. The zero-order chi connectivity index (χ0) is 16.1. The third kappa shape index (κ3) is 3.76. The maximum Gasteiger partial charge on any atom is 0.271 e. The molecule has 0 bridgehead atoms. The summed E-state index contributed by atoms with van der Waals surface area (Å²) in [6.45, 7) is 1.89. The lowest BCUT2D eigenvalue weighted by Gasteiger charge is -2.06. The first kappa shape index (κ1) is 15.4. The lowest BCUT2D eigenvalue weighted by Crippen LogP contribution is -2.19. The predicted molar refractivity (Wildman–Crippen MR) is 82.2 cm³/mol. The summed E-state index contributed by atoms with van der Waals surface area (Å²) in [7, 11) is 0. The van der Waals surface area contributed by atoms with E-state index in [2.05, 4.69) is 10.5 Å². The molecule has 0 radical (unpaired) electrons. The Balaban J connectivity index is 2.17. The van der Waals surface area contributed by atoms with Gasteiger partial charge in [-0.15, -0.1) is 0 Å². The molecule has 1 amide bonds. The van der Waals surface area contributed by atoms with Gasteiger partial charge in [0.05, 0.1) is 5.71 Å². The van der Waals surface area contributed by atoms with Crippen LogP contribution in [-0.4, -0.2) is 26.9 Å². The molecular weight excluding hydrogens is 284 g/mol. The molecule has 0 aliphatic carbocycles. The summed E-state index contributed by atoms with van der Waals surface area (Å²) in [5.41, 5.74) is 3.90. The molecule has 0 heterocycles. The van der Waals surface area contributed by atoms with E-state index in [0.717, 1.165) is 11.6 Å². The number of nitrogens with one attached hydrogen (secondary N) is 1. The number of nitrogens with zero attached hydrogens (tertiary/aromatic N) is 1. The van der Waals surface area contributed by atoms with E-state index in [1.807, 2.05) is 6.92 Å². The molecule has 0 saturated heterocycles. The van der Waals surface area contributed by atoms with Gasteiger partial charge in [0.2, 0.25) is 0 Å². The van der Waals surface area contributed by atoms with Crippen molar-refractivity contribution in [3.63, 3.8) is 0 Å². The van der Waals surface area contributed by atoms with Crippen LogP contribution in [0.3, 0.4) is 0 Å². The zero-order valence-electron chi connectivity index (χ0n) is 11.9. The molecule has 4 N–H and O–H groups in total. The van der Waals surface area contributed by atoms with Crippen LogP contribution in [0.1, 0.15) is 29.3 Å². The molecule has 0 saturated carbocycles. The number of hydrazone groups is 1. The average Bonchev–Trinajstić information content (AvgIpc) is 2.48. The van der Waals surface area contributed by atoms with Crippen molar-refractivity contribution in [1.82, 2.24) is 5.43 Å². The Kier molecular flexibility index (Phi) is 4.63. The van der Waals surface area contributed by atoms with Crippen LogP contribution in [0.25, 0.3) is 0 Å². The normalized spacial score (nSPS) is 11.2. The second-order valence-corrected chi connectivity index (χ2v) is 4.64. The summed E-state index contributed by atoms with van der Waals surface area (Å²) in [4.78, 5) is 12.0. The molecule has 2 aromatic rings. The summed E-state index contributed by atoms with van der Waals surface area (Å²) in [5, 5.41) is 32.1. The van der Waals surface area contributed by atoms with E-state index >= 15 is 0 Å². The third-order valence-electron chi connectivity index (χ3n) is 2.99. The van der Waals surface area contributed by atoms with Gasteiger partial charge in [0.25, 0.3) is 5.91 Å². The first-order chi connectivity index (χ1) is 10.5. The third-order valence-corrected chi connectivity index (χ3v) is 2.99. The van der Waals surface area contributed by atoms with Crippen molar-refractivity contribution >= 4 is 11.6 Å². The largest absolute Gasteiger partial charge is 0.508 e. The van der Waals surface area contributed by atoms with E-state index in [4.69, 9.17) is 0 Å². The smallest absolute Gasteiger partial charge is 0.271 e. The number of carbonyl (C=O) groups is 1. The van der Waals surface area contributed by atoms with Gasteiger partial charge < -0.3 is 15.3 Å². The van der Waals surface area contributed by atoms with Crippen LogP contribution in [0.4, 0.5) is 0 Å². The van der Waals surface area contributed by atoms with E-state index in [1.54, 1.807) is 12.1 Å². The van der Waals surface area contributed by atoms with Gasteiger partial charge in [0.1, 0.15) is 17.2 Å². The Bertz CT molecular complexity index is 688. The van der Waals surface area contributed by atoms with Crippen molar-refractivity contribution in [1.29, 1.82) is 0 Å². The molecule has 0 fully saturated rings. The maximum atomic E-state index is 12.0. The second kappa shape index (κ2) is 6.62. The minimum atomic E-state index is -0.545. The molecule has 22 heavy (non-hydrogen) atoms. The molecule has 0 atom stereocenters. The van der Waals surface area contributed by atoms with Crippen molar-refractivity contribution < 1.29 is 20.1 Å². The highest BCUT2D eigenvalue weighted by atomic mass is 16.3.